The number of carbonyl (C=O) groups excluding carboxylic acids is 1. The number of ether oxygens (including phenoxy) is 1. The van der Waals surface area contributed by atoms with Gasteiger partial charge >= 0.3 is 6.09 Å². The van der Waals surface area contributed by atoms with Crippen LogP contribution in [0.3, 0.4) is 0 Å². The summed E-state index contributed by atoms with van der Waals surface area (Å²) in [5.41, 5.74) is 1.81. The summed E-state index contributed by atoms with van der Waals surface area (Å²) in [6.45, 7) is 10.4. The summed E-state index contributed by atoms with van der Waals surface area (Å²) >= 11 is 0. The first kappa shape index (κ1) is 27.9. The van der Waals surface area contributed by atoms with Crippen LogP contribution in [-0.4, -0.2) is 53.1 Å². The third-order valence-electron chi connectivity index (χ3n) is 6.01. The van der Waals surface area contributed by atoms with E-state index in [9.17, 15) is 21.6 Å². The molecule has 1 aliphatic heterocycles. The summed E-state index contributed by atoms with van der Waals surface area (Å²) in [5, 5.41) is 0. The number of rotatable bonds is 7. The fraction of sp³-hybridized carbons (Fsp3) is 0.480. The van der Waals surface area contributed by atoms with E-state index in [1.807, 2.05) is 40.7 Å². The molecule has 0 aromatic heterocycles. The van der Waals surface area contributed by atoms with Crippen LogP contribution in [0.4, 0.5) is 10.5 Å². The van der Waals surface area contributed by atoms with Gasteiger partial charge in [-0.1, -0.05) is 12.1 Å². The molecule has 1 aliphatic rings. The lowest BCUT2D eigenvalue weighted by atomic mass is 9.97. The summed E-state index contributed by atoms with van der Waals surface area (Å²) in [4.78, 5) is 13.6. The van der Waals surface area contributed by atoms with Crippen LogP contribution in [0.25, 0.3) is 0 Å². The van der Waals surface area contributed by atoms with Gasteiger partial charge in [0.1, 0.15) is 5.60 Å². The topological polar surface area (TPSA) is 122 Å². The van der Waals surface area contributed by atoms with Gasteiger partial charge < -0.3 is 9.64 Å². The number of hydrogen-bond donors (Lipinski definition) is 2. The number of amides is 1. The second kappa shape index (κ2) is 10.8. The maximum Gasteiger partial charge on any atom is 0.410 e. The number of anilines is 1. The van der Waals surface area contributed by atoms with Gasteiger partial charge in [-0.25, -0.2) is 26.4 Å². The van der Waals surface area contributed by atoms with E-state index in [2.05, 4.69) is 9.44 Å². The summed E-state index contributed by atoms with van der Waals surface area (Å²) in [6.07, 6.45) is 0.903. The van der Waals surface area contributed by atoms with Crippen molar-refractivity contribution in [3.05, 3.63) is 53.6 Å². The molecule has 0 unspecified atom stereocenters. The van der Waals surface area contributed by atoms with Crippen LogP contribution < -0.4 is 9.44 Å². The number of nitrogens with one attached hydrogen (secondary N) is 2. The normalized spacial score (nSPS) is 15.5. The van der Waals surface area contributed by atoms with Gasteiger partial charge in [-0.3, -0.25) is 4.72 Å². The molecule has 1 heterocycles. The molecule has 2 aromatic carbocycles. The highest BCUT2D eigenvalue weighted by Gasteiger charge is 2.28. The standard InChI is InChI=1S/C25H35N3O6S2/c1-18-9-10-21(15-19(18)2)27-36(32,33)23-8-6-7-22(16-23)35(30,31)26-17-20-11-13-28(14-12-20)24(29)34-25(3,4)5/h6-10,15-16,20,26-27H,11-14,17H2,1-5H3. The Morgan fingerprint density at radius 3 is 2.14 bits per heavy atom. The van der Waals surface area contributed by atoms with E-state index in [0.29, 0.717) is 31.6 Å². The molecule has 2 aromatic rings. The lowest BCUT2D eigenvalue weighted by Gasteiger charge is -2.33. The average Bonchev–Trinajstić information content (AvgIpc) is 2.79. The second-order valence-electron chi connectivity index (χ2n) is 10.1. The van der Waals surface area contributed by atoms with Crippen molar-refractivity contribution < 1.29 is 26.4 Å². The summed E-state index contributed by atoms with van der Waals surface area (Å²) in [7, 11) is -7.91. The zero-order chi connectivity index (χ0) is 26.7. The minimum absolute atomic E-state index is 0.0526. The molecule has 3 rings (SSSR count). The number of sulfonamides is 2. The third-order valence-corrected chi connectivity index (χ3v) is 8.81. The minimum atomic E-state index is -3.98. The second-order valence-corrected chi connectivity index (χ2v) is 13.6. The van der Waals surface area contributed by atoms with Crippen molar-refractivity contribution in [2.45, 2.75) is 62.9 Å². The van der Waals surface area contributed by atoms with Crippen LogP contribution in [0.5, 0.6) is 0 Å². The molecule has 1 fully saturated rings. The maximum atomic E-state index is 12.9. The van der Waals surface area contributed by atoms with E-state index in [1.54, 1.807) is 17.0 Å². The van der Waals surface area contributed by atoms with Crippen LogP contribution in [0, 0.1) is 19.8 Å². The number of hydrogen-bond acceptors (Lipinski definition) is 6. The largest absolute Gasteiger partial charge is 0.444 e. The van der Waals surface area contributed by atoms with Gasteiger partial charge in [-0.2, -0.15) is 0 Å². The lowest BCUT2D eigenvalue weighted by Crippen LogP contribution is -2.43. The monoisotopic (exact) mass is 537 g/mol. The van der Waals surface area contributed by atoms with E-state index in [0.717, 1.165) is 17.2 Å². The summed E-state index contributed by atoms with van der Waals surface area (Å²) in [5.74, 6) is 0.0526. The quantitative estimate of drug-likeness (QED) is 0.550. The smallest absolute Gasteiger partial charge is 0.410 e. The molecule has 36 heavy (non-hydrogen) atoms. The number of carbonyl (C=O) groups is 1. The first-order chi connectivity index (χ1) is 16.7. The van der Waals surface area contributed by atoms with Crippen molar-refractivity contribution in [3.8, 4) is 0 Å². The van der Waals surface area contributed by atoms with Gasteiger partial charge in [0.15, 0.2) is 0 Å². The van der Waals surface area contributed by atoms with Gasteiger partial charge in [0.05, 0.1) is 9.79 Å². The lowest BCUT2D eigenvalue weighted by molar-refractivity contribution is 0.0185. The highest BCUT2D eigenvalue weighted by atomic mass is 32.2. The fourth-order valence-corrected chi connectivity index (χ4v) is 6.12. The average molecular weight is 538 g/mol. The van der Waals surface area contributed by atoms with Crippen molar-refractivity contribution in [1.82, 2.24) is 9.62 Å². The maximum absolute atomic E-state index is 12.9. The number of likely N-dealkylation sites (tertiary alicyclic amines) is 1. The number of benzene rings is 2. The molecule has 2 N–H and O–H groups in total. The van der Waals surface area contributed by atoms with Gasteiger partial charge in [0.2, 0.25) is 10.0 Å². The Kier molecular flexibility index (Phi) is 8.37. The number of aryl methyl sites for hydroxylation is 2. The molecule has 0 bridgehead atoms. The highest BCUT2D eigenvalue weighted by Crippen LogP contribution is 2.23. The van der Waals surface area contributed by atoms with Gasteiger partial charge in [0, 0.05) is 25.3 Å². The van der Waals surface area contributed by atoms with E-state index in [4.69, 9.17) is 4.74 Å². The summed E-state index contributed by atoms with van der Waals surface area (Å²) in [6, 6.07) is 10.5. The molecule has 1 saturated heterocycles. The third kappa shape index (κ3) is 7.44. The van der Waals surface area contributed by atoms with Crippen molar-refractivity contribution in [2.24, 2.45) is 5.92 Å². The first-order valence-corrected chi connectivity index (χ1v) is 14.8. The summed E-state index contributed by atoms with van der Waals surface area (Å²) < 4.78 is 62.1. The Labute approximate surface area is 214 Å². The molecule has 0 spiro atoms. The Hall–Kier alpha value is -2.63. The zero-order valence-corrected chi connectivity index (χ0v) is 23.0. The highest BCUT2D eigenvalue weighted by molar-refractivity contribution is 7.93. The van der Waals surface area contributed by atoms with Crippen molar-refractivity contribution in [3.63, 3.8) is 0 Å². The van der Waals surface area contributed by atoms with Gasteiger partial charge in [0.25, 0.3) is 10.0 Å². The molecule has 0 aliphatic carbocycles. The van der Waals surface area contributed by atoms with Crippen LogP contribution in [0.2, 0.25) is 0 Å². The Balaban J connectivity index is 1.62. The predicted molar refractivity (Wildman–Crippen MR) is 139 cm³/mol. The van der Waals surface area contributed by atoms with E-state index < -0.39 is 25.6 Å². The van der Waals surface area contributed by atoms with Crippen molar-refractivity contribution in [2.75, 3.05) is 24.4 Å². The van der Waals surface area contributed by atoms with Crippen LogP contribution in [-0.2, 0) is 24.8 Å². The Bertz CT molecular complexity index is 1310. The first-order valence-electron chi connectivity index (χ1n) is 11.8. The molecule has 0 radical (unpaired) electrons. The number of piperidine rings is 1. The van der Waals surface area contributed by atoms with Crippen LogP contribution in [0.1, 0.15) is 44.7 Å². The van der Waals surface area contributed by atoms with E-state index in [1.165, 1.54) is 18.2 Å². The molecular weight excluding hydrogens is 502 g/mol. The van der Waals surface area contributed by atoms with Crippen LogP contribution >= 0.6 is 0 Å². The van der Waals surface area contributed by atoms with Gasteiger partial charge in [-0.05, 0) is 94.8 Å². The van der Waals surface area contributed by atoms with Crippen LogP contribution in [0.15, 0.2) is 52.3 Å². The van der Waals surface area contributed by atoms with Crippen molar-refractivity contribution in [1.29, 1.82) is 0 Å². The molecule has 0 atom stereocenters. The molecule has 11 heteroatoms. The van der Waals surface area contributed by atoms with E-state index in [-0.39, 0.29) is 28.3 Å². The molecular formula is C25H35N3O6S2. The zero-order valence-electron chi connectivity index (χ0n) is 21.4. The SMILES string of the molecule is Cc1ccc(NS(=O)(=O)c2cccc(S(=O)(=O)NCC3CCN(C(=O)OC(C)(C)C)CC3)c2)cc1C. The molecule has 0 saturated carbocycles. The fourth-order valence-electron chi connectivity index (χ4n) is 3.78. The van der Waals surface area contributed by atoms with E-state index >= 15 is 0 Å². The molecule has 198 valence electrons. The molecule has 9 nitrogen and oxygen atoms in total. The number of nitrogens with zero attached hydrogens (tertiary/aromatic N) is 1. The predicted octanol–water partition coefficient (Wildman–Crippen LogP) is 4.03. The minimum Gasteiger partial charge on any atom is -0.444 e. The Morgan fingerprint density at radius 2 is 1.56 bits per heavy atom. The molecule has 1 amide bonds. The Morgan fingerprint density at radius 1 is 0.944 bits per heavy atom. The van der Waals surface area contributed by atoms with Crippen molar-refractivity contribution >= 4 is 31.8 Å². The van der Waals surface area contributed by atoms with Gasteiger partial charge in [-0.15, -0.1) is 0 Å².